The molecule has 34 heavy (non-hydrogen) atoms. The van der Waals surface area contributed by atoms with Gasteiger partial charge in [-0.1, -0.05) is 66.7 Å². The summed E-state index contributed by atoms with van der Waals surface area (Å²) in [5, 5.41) is 0. The first-order valence-electron chi connectivity index (χ1n) is 11.8. The molecule has 0 N–H and O–H groups in total. The van der Waals surface area contributed by atoms with Crippen LogP contribution >= 0.6 is 0 Å². The summed E-state index contributed by atoms with van der Waals surface area (Å²) in [6, 6.07) is 21.9. The molecule has 1 atom stereocenters. The van der Waals surface area contributed by atoms with Crippen LogP contribution in [-0.2, 0) is 22.9 Å². The number of pyridine rings is 1. The van der Waals surface area contributed by atoms with Crippen molar-refractivity contribution in [3.05, 3.63) is 107 Å². The molecule has 3 aromatic rings. The molecule has 5 nitrogen and oxygen atoms in total. The minimum absolute atomic E-state index is 0.0343. The van der Waals surface area contributed by atoms with Crippen molar-refractivity contribution in [2.45, 2.75) is 43.7 Å². The van der Waals surface area contributed by atoms with E-state index >= 15 is 0 Å². The molecular formula is C29H30N2O3. The van der Waals surface area contributed by atoms with Crippen molar-refractivity contribution in [1.82, 2.24) is 9.47 Å². The Kier molecular flexibility index (Phi) is 5.43. The lowest BCUT2D eigenvalue weighted by atomic mass is 9.83. The minimum atomic E-state index is -0.667. The average Bonchev–Trinajstić information content (AvgIpc) is 3.63. The van der Waals surface area contributed by atoms with E-state index in [-0.39, 0.29) is 17.2 Å². The van der Waals surface area contributed by atoms with E-state index in [4.69, 9.17) is 4.74 Å². The van der Waals surface area contributed by atoms with E-state index in [9.17, 15) is 9.59 Å². The molecule has 2 aliphatic rings. The van der Waals surface area contributed by atoms with Crippen LogP contribution in [0, 0.1) is 0 Å². The van der Waals surface area contributed by atoms with Crippen LogP contribution in [0.15, 0.2) is 89.9 Å². The van der Waals surface area contributed by atoms with Crippen molar-refractivity contribution < 1.29 is 9.53 Å². The van der Waals surface area contributed by atoms with Crippen molar-refractivity contribution >= 4 is 6.09 Å². The molecule has 174 valence electrons. The van der Waals surface area contributed by atoms with E-state index in [1.807, 2.05) is 60.4 Å². The number of hydrogen-bond acceptors (Lipinski definition) is 3. The number of carbonyl (C=O) groups is 1. The van der Waals surface area contributed by atoms with E-state index in [1.54, 1.807) is 23.9 Å². The Bertz CT molecular complexity index is 1290. The zero-order chi connectivity index (χ0) is 23.9. The fourth-order valence-corrected chi connectivity index (χ4v) is 5.24. The van der Waals surface area contributed by atoms with E-state index in [0.717, 1.165) is 47.1 Å². The lowest BCUT2D eigenvalue weighted by molar-refractivity contribution is -0.0652. The second-order valence-corrected chi connectivity index (χ2v) is 9.74. The normalized spacial score (nSPS) is 21.1. The first-order chi connectivity index (χ1) is 16.3. The summed E-state index contributed by atoms with van der Waals surface area (Å²) in [6.07, 6.45) is 4.71. The standard InChI is InChI=1S/C29H30N2O3/c1-21(2)20-29(25-7-5-4-6-8-25)16-18-31(27(33)34-29)28(14-15-28)24-11-9-22(10-12-24)23-13-17-30(3)26(32)19-23/h4-13,17,19H,1,14-16,18,20H2,2-3H3. The third kappa shape index (κ3) is 3.85. The predicted octanol–water partition coefficient (Wildman–Crippen LogP) is 5.75. The molecular weight excluding hydrogens is 424 g/mol. The molecule has 1 aliphatic heterocycles. The van der Waals surface area contributed by atoms with E-state index in [1.165, 1.54) is 0 Å². The van der Waals surface area contributed by atoms with Gasteiger partial charge in [-0.25, -0.2) is 4.79 Å². The zero-order valence-electron chi connectivity index (χ0n) is 19.8. The van der Waals surface area contributed by atoms with Gasteiger partial charge in [0.1, 0.15) is 5.60 Å². The maximum Gasteiger partial charge on any atom is 0.411 e. The van der Waals surface area contributed by atoms with Crippen molar-refractivity contribution in [1.29, 1.82) is 0 Å². The van der Waals surface area contributed by atoms with Crippen LogP contribution in [0.4, 0.5) is 4.79 Å². The maximum absolute atomic E-state index is 13.4. The van der Waals surface area contributed by atoms with Gasteiger partial charge >= 0.3 is 6.09 Å². The zero-order valence-corrected chi connectivity index (χ0v) is 19.8. The van der Waals surface area contributed by atoms with Gasteiger partial charge < -0.3 is 9.30 Å². The topological polar surface area (TPSA) is 51.5 Å². The highest BCUT2D eigenvalue weighted by Crippen LogP contribution is 2.54. The van der Waals surface area contributed by atoms with Crippen LogP contribution < -0.4 is 5.56 Å². The molecule has 1 saturated carbocycles. The van der Waals surface area contributed by atoms with Crippen molar-refractivity contribution in [2.75, 3.05) is 6.54 Å². The first-order valence-corrected chi connectivity index (χ1v) is 11.8. The molecule has 0 radical (unpaired) electrons. The summed E-state index contributed by atoms with van der Waals surface area (Å²) in [7, 11) is 1.74. The highest BCUT2D eigenvalue weighted by atomic mass is 16.6. The molecule has 2 heterocycles. The monoisotopic (exact) mass is 454 g/mol. The van der Waals surface area contributed by atoms with Gasteiger partial charge in [-0.05, 0) is 48.1 Å². The summed E-state index contributed by atoms with van der Waals surface area (Å²) in [4.78, 5) is 27.3. The summed E-state index contributed by atoms with van der Waals surface area (Å²) in [5.74, 6) is 0. The molecule has 5 heteroatoms. The molecule has 2 fully saturated rings. The van der Waals surface area contributed by atoms with Gasteiger partial charge in [0, 0.05) is 38.7 Å². The number of nitrogens with zero attached hydrogens (tertiary/aromatic N) is 2. The van der Waals surface area contributed by atoms with Gasteiger partial charge in [-0.3, -0.25) is 9.69 Å². The lowest BCUT2D eigenvalue weighted by Crippen LogP contribution is -2.52. The van der Waals surface area contributed by atoms with E-state index in [0.29, 0.717) is 13.0 Å². The fourth-order valence-electron chi connectivity index (χ4n) is 5.24. The van der Waals surface area contributed by atoms with Crippen LogP contribution in [0.5, 0.6) is 0 Å². The van der Waals surface area contributed by atoms with Crippen LogP contribution in [0.2, 0.25) is 0 Å². The quantitative estimate of drug-likeness (QED) is 0.446. The number of aryl methyl sites for hydroxylation is 1. The molecule has 1 saturated heterocycles. The van der Waals surface area contributed by atoms with Gasteiger partial charge in [0.05, 0.1) is 5.54 Å². The van der Waals surface area contributed by atoms with Crippen LogP contribution in [0.25, 0.3) is 11.1 Å². The largest absolute Gasteiger partial charge is 0.437 e. The third-order valence-corrected chi connectivity index (χ3v) is 7.23. The second-order valence-electron chi connectivity index (χ2n) is 9.74. The second kappa shape index (κ2) is 8.32. The summed E-state index contributed by atoms with van der Waals surface area (Å²) < 4.78 is 7.80. The van der Waals surface area contributed by atoms with Gasteiger partial charge in [0.25, 0.3) is 5.56 Å². The third-order valence-electron chi connectivity index (χ3n) is 7.23. The SMILES string of the molecule is C=C(C)CC1(c2ccccc2)CCN(C2(c3ccc(-c4ccn(C)c(=O)c4)cc3)CC2)C(=O)O1. The van der Waals surface area contributed by atoms with Crippen LogP contribution in [0.1, 0.15) is 43.7 Å². The maximum atomic E-state index is 13.4. The summed E-state index contributed by atoms with van der Waals surface area (Å²) >= 11 is 0. The predicted molar refractivity (Wildman–Crippen MR) is 133 cm³/mol. The molecule has 5 rings (SSSR count). The van der Waals surface area contributed by atoms with Gasteiger partial charge in [0.2, 0.25) is 0 Å². The number of rotatable bonds is 6. The van der Waals surface area contributed by atoms with Crippen LogP contribution in [0.3, 0.4) is 0 Å². The fraction of sp³-hybridized carbons (Fsp3) is 0.310. The Morgan fingerprint density at radius 1 is 0.941 bits per heavy atom. The van der Waals surface area contributed by atoms with E-state index in [2.05, 4.69) is 18.7 Å². The molecule has 0 bridgehead atoms. The molecule has 1 amide bonds. The Morgan fingerprint density at radius 3 is 2.24 bits per heavy atom. The number of amides is 1. The number of ether oxygens (including phenoxy) is 1. The number of carbonyl (C=O) groups excluding carboxylic acids is 1. The van der Waals surface area contributed by atoms with Crippen molar-refractivity contribution in [3.63, 3.8) is 0 Å². The molecule has 1 aliphatic carbocycles. The minimum Gasteiger partial charge on any atom is -0.437 e. The van der Waals surface area contributed by atoms with Gasteiger partial charge in [0.15, 0.2) is 0 Å². The first kappa shape index (κ1) is 22.2. The Labute approximate surface area is 200 Å². The molecule has 1 aromatic heterocycles. The van der Waals surface area contributed by atoms with Crippen molar-refractivity contribution in [3.8, 4) is 11.1 Å². The Hall–Kier alpha value is -3.60. The van der Waals surface area contributed by atoms with E-state index < -0.39 is 5.60 Å². The highest BCUT2D eigenvalue weighted by Gasteiger charge is 2.55. The highest BCUT2D eigenvalue weighted by molar-refractivity contribution is 5.72. The average molecular weight is 455 g/mol. The molecule has 2 aromatic carbocycles. The number of cyclic esters (lactones) is 1. The number of benzene rings is 2. The van der Waals surface area contributed by atoms with Gasteiger partial charge in [-0.15, -0.1) is 0 Å². The number of hydrogen-bond donors (Lipinski definition) is 0. The van der Waals surface area contributed by atoms with Crippen LogP contribution in [-0.4, -0.2) is 22.1 Å². The van der Waals surface area contributed by atoms with Crippen molar-refractivity contribution in [2.24, 2.45) is 7.05 Å². The van der Waals surface area contributed by atoms with Gasteiger partial charge in [-0.2, -0.15) is 0 Å². The Morgan fingerprint density at radius 2 is 1.65 bits per heavy atom. The Balaban J connectivity index is 1.39. The molecule has 0 spiro atoms. The molecule has 1 unspecified atom stereocenters. The smallest absolute Gasteiger partial charge is 0.411 e. The summed E-state index contributed by atoms with van der Waals surface area (Å²) in [5.41, 5.74) is 4.01. The summed E-state index contributed by atoms with van der Waals surface area (Å²) in [6.45, 7) is 6.71. The number of aromatic nitrogens is 1. The lowest BCUT2D eigenvalue weighted by Gasteiger charge is -2.44.